The molecule has 4 aromatic heterocycles. The van der Waals surface area contributed by atoms with Gasteiger partial charge in [0.05, 0.1) is 38.5 Å². The van der Waals surface area contributed by atoms with Crippen molar-refractivity contribution in [1.29, 1.82) is 0 Å². The molecule has 298 valence electrons. The molecule has 6 heterocycles. The van der Waals surface area contributed by atoms with Crippen LogP contribution < -0.4 is 11.5 Å². The van der Waals surface area contributed by atoms with Crippen molar-refractivity contribution in [2.75, 3.05) is 51.3 Å². The number of rotatable bonds is 15. The summed E-state index contributed by atoms with van der Waals surface area (Å²) in [5.41, 5.74) is 13.4. The average molecular weight is 839 g/mol. The lowest BCUT2D eigenvalue weighted by molar-refractivity contribution is -0.0301. The van der Waals surface area contributed by atoms with Gasteiger partial charge in [0, 0.05) is 32.6 Å². The summed E-state index contributed by atoms with van der Waals surface area (Å²) in [4.78, 5) is 24.7. The summed E-state index contributed by atoms with van der Waals surface area (Å²) in [5, 5.41) is 21.2. The molecule has 2 aliphatic rings. The van der Waals surface area contributed by atoms with E-state index in [1.807, 2.05) is 13.8 Å². The van der Waals surface area contributed by atoms with Crippen molar-refractivity contribution in [2.45, 2.75) is 57.1 Å². The number of aliphatic hydroxyl groups excluding tert-OH is 2. The zero-order chi connectivity index (χ0) is 39.4. The molecule has 54 heavy (non-hydrogen) atoms. The largest absolute Gasteiger partial charge is 0.388 e. The van der Waals surface area contributed by atoms with Crippen LogP contribution in [0.4, 0.5) is 11.6 Å². The standard InChI is InChI=1S/C27H42N10O13P4/c1-14-15(2)27(37-13-35-20-24(29)31-11-33-26(20)37)47-17(14)8-44-51(3,40)48-53(5,42)50-54(6,43)49-52(4,41)45-9-18-22(39)21(38)16(46-18)7-36-12-34-19-23(28)30-10-32-25(19)36/h10-18,21-22,27,38-39H,7-9H2,1-6H3,(H2,28,30,32)(H2,29,31,33). The summed E-state index contributed by atoms with van der Waals surface area (Å²) in [6, 6.07) is 0. The Bertz CT molecular complexity index is 2210. The highest BCUT2D eigenvalue weighted by atomic mass is 31.3. The van der Waals surface area contributed by atoms with Gasteiger partial charge >= 0.3 is 30.4 Å². The van der Waals surface area contributed by atoms with Gasteiger partial charge in [-0.05, 0) is 5.92 Å². The van der Waals surface area contributed by atoms with Crippen LogP contribution in [0.1, 0.15) is 20.1 Å². The predicted octanol–water partition coefficient (Wildman–Crippen LogP) is 2.86. The molecule has 0 saturated carbocycles. The van der Waals surface area contributed by atoms with Gasteiger partial charge in [-0.15, -0.1) is 0 Å². The third-order valence-electron chi connectivity index (χ3n) is 8.95. The van der Waals surface area contributed by atoms with E-state index in [2.05, 4.69) is 29.9 Å². The average Bonchev–Trinajstić information content (AvgIpc) is 3.81. The van der Waals surface area contributed by atoms with Gasteiger partial charge < -0.3 is 44.8 Å². The molecule has 6 N–H and O–H groups in total. The topological polar surface area (TPSA) is 313 Å². The van der Waals surface area contributed by atoms with Gasteiger partial charge in [0.25, 0.3) is 0 Å². The maximum Gasteiger partial charge on any atom is 0.341 e. The highest BCUT2D eigenvalue weighted by Gasteiger charge is 2.46. The summed E-state index contributed by atoms with van der Waals surface area (Å²) in [6.45, 7) is 6.87. The van der Waals surface area contributed by atoms with Crippen LogP contribution in [0.2, 0.25) is 0 Å². The number of hydrogen-bond donors (Lipinski definition) is 4. The molecular weight excluding hydrogens is 796 g/mol. The Morgan fingerprint density at radius 3 is 1.78 bits per heavy atom. The molecule has 27 heteroatoms. The fourth-order valence-corrected chi connectivity index (χ4v) is 14.7. The van der Waals surface area contributed by atoms with E-state index in [-0.39, 0.29) is 36.6 Å². The first-order valence-corrected chi connectivity index (χ1v) is 24.4. The first kappa shape index (κ1) is 40.9. The lowest BCUT2D eigenvalue weighted by Crippen LogP contribution is -2.35. The van der Waals surface area contributed by atoms with E-state index in [9.17, 15) is 28.5 Å². The van der Waals surface area contributed by atoms with E-state index in [1.54, 1.807) is 15.5 Å². The number of ether oxygens (including phenoxy) is 2. The quantitative estimate of drug-likeness (QED) is 0.125. The van der Waals surface area contributed by atoms with Crippen LogP contribution in [0.15, 0.2) is 25.3 Å². The molecule has 2 aliphatic heterocycles. The fourth-order valence-electron chi connectivity index (χ4n) is 6.23. The van der Waals surface area contributed by atoms with Crippen LogP contribution in [0, 0.1) is 11.8 Å². The van der Waals surface area contributed by atoms with Crippen molar-refractivity contribution in [3.63, 3.8) is 0 Å². The van der Waals surface area contributed by atoms with Gasteiger partial charge in [0.2, 0.25) is 0 Å². The third-order valence-corrected chi connectivity index (χ3v) is 17.3. The van der Waals surface area contributed by atoms with Crippen LogP contribution in [0.25, 0.3) is 22.3 Å². The molecule has 4 aromatic rings. The first-order chi connectivity index (χ1) is 25.2. The van der Waals surface area contributed by atoms with E-state index in [0.717, 1.165) is 26.7 Å². The number of imidazole rings is 2. The Kier molecular flexibility index (Phi) is 11.6. The van der Waals surface area contributed by atoms with Gasteiger partial charge in [0.15, 0.2) is 22.9 Å². The Hall–Kier alpha value is -2.74. The molecular formula is C27H42N10O13P4. The minimum Gasteiger partial charge on any atom is -0.388 e. The Balaban J connectivity index is 0.995. The highest BCUT2D eigenvalue weighted by molar-refractivity contribution is 7.74. The van der Waals surface area contributed by atoms with Crippen molar-refractivity contribution in [3.05, 3.63) is 25.3 Å². The van der Waals surface area contributed by atoms with Crippen molar-refractivity contribution < 1.29 is 59.9 Å². The van der Waals surface area contributed by atoms with Gasteiger partial charge in [-0.1, -0.05) is 13.8 Å². The van der Waals surface area contributed by atoms with Gasteiger partial charge in [-0.3, -0.25) is 22.8 Å². The van der Waals surface area contributed by atoms with Crippen molar-refractivity contribution in [3.8, 4) is 0 Å². The molecule has 2 fully saturated rings. The number of aromatic nitrogens is 8. The summed E-state index contributed by atoms with van der Waals surface area (Å²) < 4.78 is 94.5. The fraction of sp³-hybridized carbons (Fsp3) is 0.630. The van der Waals surface area contributed by atoms with E-state index in [0.29, 0.717) is 22.3 Å². The molecule has 0 spiro atoms. The normalized spacial score (nSPS) is 30.6. The zero-order valence-electron chi connectivity index (χ0n) is 30.0. The lowest BCUT2D eigenvalue weighted by atomic mass is 9.93. The number of hydrogen-bond acceptors (Lipinski definition) is 21. The monoisotopic (exact) mass is 838 g/mol. The predicted molar refractivity (Wildman–Crippen MR) is 192 cm³/mol. The van der Waals surface area contributed by atoms with Crippen LogP contribution in [-0.4, -0.2) is 120 Å². The maximum absolute atomic E-state index is 13.3. The van der Waals surface area contributed by atoms with Crippen LogP contribution in [0.3, 0.4) is 0 Å². The third kappa shape index (κ3) is 8.94. The number of nitrogen functional groups attached to an aromatic ring is 2. The molecule has 6 rings (SSSR count). The smallest absolute Gasteiger partial charge is 0.341 e. The van der Waals surface area contributed by atoms with Crippen LogP contribution >= 0.6 is 30.4 Å². The summed E-state index contributed by atoms with van der Waals surface area (Å²) in [6.07, 6.45) is -0.568. The first-order valence-electron chi connectivity index (χ1n) is 16.4. The zero-order valence-corrected chi connectivity index (χ0v) is 33.5. The van der Waals surface area contributed by atoms with Gasteiger partial charge in [-0.25, -0.2) is 42.8 Å². The summed E-state index contributed by atoms with van der Waals surface area (Å²) in [5.74, 6) is 0.191. The SMILES string of the molecule is CC1C(COP(C)(=O)OP(C)(=O)OP(C)(=O)OP(C)(=O)OCC2OC(Cn3cnc4c(N)ncnc43)C(O)C2O)OC(n2cnc3c(N)ncnc32)C1C. The van der Waals surface area contributed by atoms with E-state index in [4.69, 9.17) is 42.9 Å². The lowest BCUT2D eigenvalue weighted by Gasteiger charge is -2.25. The highest BCUT2D eigenvalue weighted by Crippen LogP contribution is 2.72. The number of aliphatic hydroxyl groups is 2. The Labute approximate surface area is 308 Å². The second kappa shape index (κ2) is 15.3. The molecule has 0 aromatic carbocycles. The van der Waals surface area contributed by atoms with Gasteiger partial charge in [0.1, 0.15) is 54.3 Å². The number of fused-ring (bicyclic) bond motifs is 2. The molecule has 0 radical (unpaired) electrons. The molecule has 12 unspecified atom stereocenters. The molecule has 2 saturated heterocycles. The molecule has 12 atom stereocenters. The number of anilines is 2. The molecule has 0 amide bonds. The molecule has 23 nitrogen and oxygen atoms in total. The summed E-state index contributed by atoms with van der Waals surface area (Å²) in [7, 11) is -17.4. The summed E-state index contributed by atoms with van der Waals surface area (Å²) >= 11 is 0. The van der Waals surface area contributed by atoms with Gasteiger partial charge in [-0.2, -0.15) is 0 Å². The van der Waals surface area contributed by atoms with Crippen molar-refractivity contribution >= 4 is 64.3 Å². The maximum atomic E-state index is 13.3. The second-order valence-electron chi connectivity index (χ2n) is 13.3. The van der Waals surface area contributed by atoms with E-state index < -0.39 is 73.7 Å². The van der Waals surface area contributed by atoms with Crippen LogP contribution in [-0.2, 0) is 56.3 Å². The molecule has 0 aliphatic carbocycles. The minimum atomic E-state index is -4.50. The Morgan fingerprint density at radius 2 is 1.17 bits per heavy atom. The van der Waals surface area contributed by atoms with E-state index in [1.165, 1.54) is 19.0 Å². The number of nitrogens with two attached hydrogens (primary N) is 2. The second-order valence-corrected chi connectivity index (χ2v) is 22.0. The Morgan fingerprint density at radius 1 is 0.667 bits per heavy atom. The minimum absolute atomic E-state index is 0.0117. The van der Waals surface area contributed by atoms with E-state index >= 15 is 0 Å². The van der Waals surface area contributed by atoms with Crippen molar-refractivity contribution in [2.24, 2.45) is 11.8 Å². The molecule has 0 bridgehead atoms. The number of nitrogens with zero attached hydrogens (tertiary/aromatic N) is 8. The van der Waals surface area contributed by atoms with Crippen molar-refractivity contribution in [1.82, 2.24) is 39.0 Å². The van der Waals surface area contributed by atoms with Crippen LogP contribution in [0.5, 0.6) is 0 Å².